The molecule has 0 atom stereocenters. The van der Waals surface area contributed by atoms with Crippen LogP contribution in [0, 0.1) is 18.7 Å². The number of carbonyl (C=O) groups is 1. The van der Waals surface area contributed by atoms with Gasteiger partial charge in [0.15, 0.2) is 0 Å². The molecule has 1 amide bonds. The number of aryl methyl sites for hydroxylation is 2. The Labute approximate surface area is 197 Å². The van der Waals surface area contributed by atoms with Gasteiger partial charge in [0.1, 0.15) is 15.9 Å². The topological polar surface area (TPSA) is 88.4 Å². The average Bonchev–Trinajstić information content (AvgIpc) is 3.05. The van der Waals surface area contributed by atoms with Crippen molar-refractivity contribution in [3.8, 4) is 0 Å². The first kappa shape index (κ1) is 23.4. The molecule has 2 aromatic heterocycles. The van der Waals surface area contributed by atoms with Gasteiger partial charge in [-0.25, -0.2) is 17.1 Å². The molecular weight excluding hydrogens is 469 g/mol. The molecule has 0 aliphatic carbocycles. The van der Waals surface area contributed by atoms with Crippen LogP contribution in [0.15, 0.2) is 35.4 Å². The van der Waals surface area contributed by atoms with Crippen molar-refractivity contribution >= 4 is 44.1 Å². The number of fused-ring (bicyclic) bond motifs is 1. The zero-order valence-corrected chi connectivity index (χ0v) is 20.2. The van der Waals surface area contributed by atoms with Gasteiger partial charge in [0, 0.05) is 49.9 Å². The summed E-state index contributed by atoms with van der Waals surface area (Å²) in [5, 5.41) is 4.76. The van der Waals surface area contributed by atoms with Crippen LogP contribution in [0.5, 0.6) is 0 Å². The minimum Gasteiger partial charge on any atom is -0.371 e. The Balaban J connectivity index is 1.54. The predicted molar refractivity (Wildman–Crippen MR) is 124 cm³/mol. The normalized spacial score (nSPS) is 15.2. The molecule has 0 bridgehead atoms. The van der Waals surface area contributed by atoms with Gasteiger partial charge in [-0.05, 0) is 51.0 Å². The molecule has 1 fully saturated rings. The van der Waals surface area contributed by atoms with Crippen molar-refractivity contribution in [2.45, 2.75) is 31.6 Å². The third-order valence-corrected chi connectivity index (χ3v) is 8.62. The Bertz CT molecular complexity index is 1320. The number of aromatic nitrogens is 3. The van der Waals surface area contributed by atoms with Gasteiger partial charge in [0.2, 0.25) is 5.91 Å². The van der Waals surface area contributed by atoms with E-state index in [4.69, 9.17) is 11.6 Å². The summed E-state index contributed by atoms with van der Waals surface area (Å²) in [6, 6.07) is 6.31. The lowest BCUT2D eigenvalue weighted by atomic mass is 9.95. The largest absolute Gasteiger partial charge is 0.371 e. The summed E-state index contributed by atoms with van der Waals surface area (Å²) in [5.41, 5.74) is 1.79. The molecule has 176 valence electrons. The molecule has 3 heterocycles. The van der Waals surface area contributed by atoms with E-state index in [1.807, 2.05) is 6.07 Å². The van der Waals surface area contributed by atoms with Crippen molar-refractivity contribution in [2.75, 3.05) is 24.5 Å². The molecule has 4 rings (SSSR count). The summed E-state index contributed by atoms with van der Waals surface area (Å²) in [6.07, 6.45) is 2.63. The molecule has 0 spiro atoms. The van der Waals surface area contributed by atoms with E-state index in [9.17, 15) is 17.6 Å². The average molecular weight is 494 g/mol. The van der Waals surface area contributed by atoms with Crippen LogP contribution in [0.2, 0.25) is 5.15 Å². The number of pyridine rings is 1. The van der Waals surface area contributed by atoms with Gasteiger partial charge >= 0.3 is 0 Å². The zero-order valence-electron chi connectivity index (χ0n) is 18.6. The Morgan fingerprint density at radius 2 is 1.97 bits per heavy atom. The fourth-order valence-corrected chi connectivity index (χ4v) is 6.58. The van der Waals surface area contributed by atoms with Crippen molar-refractivity contribution < 1.29 is 17.6 Å². The number of hydrogen-bond donors (Lipinski definition) is 0. The third kappa shape index (κ3) is 4.17. The van der Waals surface area contributed by atoms with Gasteiger partial charge in [0.05, 0.1) is 11.2 Å². The summed E-state index contributed by atoms with van der Waals surface area (Å²) < 4.78 is 42.6. The number of rotatable bonds is 5. The van der Waals surface area contributed by atoms with Crippen LogP contribution in [0.4, 0.5) is 10.1 Å². The number of benzene rings is 1. The first-order valence-corrected chi connectivity index (χ1v) is 12.5. The van der Waals surface area contributed by atoms with E-state index in [1.54, 1.807) is 33.2 Å². The van der Waals surface area contributed by atoms with Crippen LogP contribution in [-0.2, 0) is 21.9 Å². The van der Waals surface area contributed by atoms with Crippen LogP contribution in [-0.4, -0.2) is 53.0 Å². The van der Waals surface area contributed by atoms with Crippen molar-refractivity contribution in [2.24, 2.45) is 13.0 Å². The number of piperidine rings is 1. The fraction of sp³-hybridized carbons (Fsp3) is 0.409. The highest BCUT2D eigenvalue weighted by atomic mass is 35.5. The number of hydrogen-bond acceptors (Lipinski definition) is 6. The molecule has 0 unspecified atom stereocenters. The van der Waals surface area contributed by atoms with Gasteiger partial charge in [-0.3, -0.25) is 14.5 Å². The third-order valence-electron chi connectivity index (χ3n) is 6.05. The monoisotopic (exact) mass is 493 g/mol. The molecule has 0 radical (unpaired) electrons. The highest BCUT2D eigenvalue weighted by Crippen LogP contribution is 2.32. The van der Waals surface area contributed by atoms with Gasteiger partial charge < -0.3 is 4.90 Å². The standard InChI is InChI=1S/C22H25ClFN5O3S/c1-4-29(33(31,32)20-14(2)26-27(3)21(20)23)22(30)15-8-11-28(12-9-15)19-7-10-25-18-6-5-16(24)13-17(18)19/h5-7,10,13,15H,4,8-9,11-12H2,1-3H3. The number of sulfonamides is 1. The summed E-state index contributed by atoms with van der Waals surface area (Å²) in [5.74, 6) is -1.23. The van der Waals surface area contributed by atoms with E-state index in [-0.39, 0.29) is 28.1 Å². The Morgan fingerprint density at radius 3 is 2.58 bits per heavy atom. The summed E-state index contributed by atoms with van der Waals surface area (Å²) in [4.78, 5) is 19.5. The van der Waals surface area contributed by atoms with Gasteiger partial charge in [-0.2, -0.15) is 5.10 Å². The van der Waals surface area contributed by atoms with Crippen LogP contribution >= 0.6 is 11.6 Å². The maximum absolute atomic E-state index is 13.8. The molecule has 1 aliphatic heterocycles. The van der Waals surface area contributed by atoms with E-state index in [0.717, 1.165) is 9.99 Å². The zero-order chi connectivity index (χ0) is 23.9. The van der Waals surface area contributed by atoms with Gasteiger partial charge in [-0.1, -0.05) is 11.6 Å². The molecule has 0 N–H and O–H groups in total. The molecule has 3 aromatic rings. The molecule has 1 aliphatic rings. The van der Waals surface area contributed by atoms with E-state index < -0.39 is 21.8 Å². The molecule has 8 nitrogen and oxygen atoms in total. The second-order valence-electron chi connectivity index (χ2n) is 8.09. The molecular formula is C22H25ClFN5O3S. The summed E-state index contributed by atoms with van der Waals surface area (Å²) >= 11 is 6.18. The maximum atomic E-state index is 13.8. The highest BCUT2D eigenvalue weighted by molar-refractivity contribution is 7.89. The quantitative estimate of drug-likeness (QED) is 0.540. The number of amides is 1. The van der Waals surface area contributed by atoms with Crippen LogP contribution in [0.3, 0.4) is 0 Å². The van der Waals surface area contributed by atoms with Gasteiger partial charge in [-0.15, -0.1) is 0 Å². The van der Waals surface area contributed by atoms with E-state index in [1.165, 1.54) is 16.8 Å². The van der Waals surface area contributed by atoms with Crippen LogP contribution in [0.25, 0.3) is 10.9 Å². The van der Waals surface area contributed by atoms with Crippen molar-refractivity contribution in [3.05, 3.63) is 47.1 Å². The smallest absolute Gasteiger partial charge is 0.271 e. The second-order valence-corrected chi connectivity index (χ2v) is 10.2. The van der Waals surface area contributed by atoms with Crippen molar-refractivity contribution in [1.29, 1.82) is 0 Å². The second kappa shape index (κ2) is 8.90. The lowest BCUT2D eigenvalue weighted by Gasteiger charge is -2.35. The molecule has 33 heavy (non-hydrogen) atoms. The van der Waals surface area contributed by atoms with Gasteiger partial charge in [0.25, 0.3) is 10.0 Å². The summed E-state index contributed by atoms with van der Waals surface area (Å²) in [6.45, 7) is 4.26. The Morgan fingerprint density at radius 1 is 1.27 bits per heavy atom. The number of halogens is 2. The van der Waals surface area contributed by atoms with E-state index in [2.05, 4.69) is 15.0 Å². The minimum absolute atomic E-state index is 0.000311. The van der Waals surface area contributed by atoms with E-state index >= 15 is 0 Å². The SMILES string of the molecule is CCN(C(=O)C1CCN(c2ccnc3ccc(F)cc23)CC1)S(=O)(=O)c1c(C)nn(C)c1Cl. The Kier molecular flexibility index (Phi) is 6.32. The first-order valence-electron chi connectivity index (χ1n) is 10.7. The Hall–Kier alpha value is -2.72. The summed E-state index contributed by atoms with van der Waals surface area (Å²) in [7, 11) is -2.58. The molecule has 1 saturated heterocycles. The van der Waals surface area contributed by atoms with Crippen molar-refractivity contribution in [1.82, 2.24) is 19.1 Å². The van der Waals surface area contributed by atoms with Crippen molar-refractivity contribution in [3.63, 3.8) is 0 Å². The predicted octanol–water partition coefficient (Wildman–Crippen LogP) is 3.52. The lowest BCUT2D eigenvalue weighted by Crippen LogP contribution is -2.45. The number of anilines is 1. The molecule has 0 saturated carbocycles. The molecule has 11 heteroatoms. The van der Waals surface area contributed by atoms with Crippen LogP contribution in [0.1, 0.15) is 25.5 Å². The van der Waals surface area contributed by atoms with E-state index in [0.29, 0.717) is 36.8 Å². The number of nitrogens with zero attached hydrogens (tertiary/aromatic N) is 5. The van der Waals surface area contributed by atoms with Crippen LogP contribution < -0.4 is 4.90 Å². The minimum atomic E-state index is -4.13. The number of carbonyl (C=O) groups excluding carboxylic acids is 1. The first-order chi connectivity index (χ1) is 15.6. The fourth-order valence-electron chi connectivity index (χ4n) is 4.41. The molecule has 1 aromatic carbocycles. The maximum Gasteiger partial charge on any atom is 0.271 e. The lowest BCUT2D eigenvalue weighted by molar-refractivity contribution is -0.131. The highest BCUT2D eigenvalue weighted by Gasteiger charge is 2.38.